The first-order valence-electron chi connectivity index (χ1n) is 6.60. The lowest BCUT2D eigenvalue weighted by Crippen LogP contribution is -1.84. The van der Waals surface area contributed by atoms with Crippen molar-refractivity contribution in [2.45, 2.75) is 31.2 Å². The van der Waals surface area contributed by atoms with E-state index in [1.807, 2.05) is 38.1 Å². The summed E-state index contributed by atoms with van der Waals surface area (Å²) in [6.07, 6.45) is 0.756. The molecule has 0 spiro atoms. The monoisotopic (exact) mass is 302 g/mol. The Bertz CT molecular complexity index is 738. The maximum Gasteiger partial charge on any atom is 0.277 e. The topological polar surface area (TPSA) is 77.8 Å². The molecule has 0 fully saturated rings. The highest BCUT2D eigenvalue weighted by Gasteiger charge is 2.12. The van der Waals surface area contributed by atoms with E-state index >= 15 is 0 Å². The van der Waals surface area contributed by atoms with Crippen LogP contribution in [0.15, 0.2) is 38.4 Å². The Labute approximate surface area is 126 Å². The molecule has 0 bridgehead atoms. The summed E-state index contributed by atoms with van der Waals surface area (Å²) < 4.78 is 10.8. The van der Waals surface area contributed by atoms with E-state index in [2.05, 4.69) is 20.3 Å². The van der Waals surface area contributed by atoms with Gasteiger partial charge in [-0.2, -0.15) is 4.98 Å². The van der Waals surface area contributed by atoms with Gasteiger partial charge < -0.3 is 8.94 Å². The minimum absolute atomic E-state index is 0.490. The largest absolute Gasteiger partial charge is 0.411 e. The second-order valence-corrected chi connectivity index (χ2v) is 5.36. The molecular formula is C14H14N4O2S. The summed E-state index contributed by atoms with van der Waals surface area (Å²) in [5.74, 6) is 2.31. The SMILES string of the molecule is CCc1noc(CSc2nnc(-c3ccccc3C)o2)n1. The summed E-state index contributed by atoms with van der Waals surface area (Å²) in [4.78, 5) is 4.23. The van der Waals surface area contributed by atoms with E-state index in [0.717, 1.165) is 17.5 Å². The number of nitrogens with zero attached hydrogens (tertiary/aromatic N) is 4. The van der Waals surface area contributed by atoms with Crippen molar-refractivity contribution in [3.63, 3.8) is 0 Å². The number of aromatic nitrogens is 4. The fraction of sp³-hybridized carbons (Fsp3) is 0.286. The van der Waals surface area contributed by atoms with Gasteiger partial charge in [0, 0.05) is 12.0 Å². The predicted octanol–water partition coefficient (Wildman–Crippen LogP) is 3.28. The van der Waals surface area contributed by atoms with Crippen LogP contribution < -0.4 is 0 Å². The predicted molar refractivity (Wildman–Crippen MR) is 77.7 cm³/mol. The standard InChI is InChI=1S/C14H14N4O2S/c1-3-11-15-12(20-18-11)8-21-14-17-16-13(19-14)10-7-5-4-6-9(10)2/h4-7H,3,8H2,1-2H3. The molecule has 0 radical (unpaired) electrons. The van der Waals surface area contributed by atoms with Gasteiger partial charge in [-0.1, -0.05) is 42.0 Å². The van der Waals surface area contributed by atoms with E-state index in [1.165, 1.54) is 11.8 Å². The van der Waals surface area contributed by atoms with Crippen molar-refractivity contribution in [2.75, 3.05) is 0 Å². The lowest BCUT2D eigenvalue weighted by molar-refractivity contribution is 0.384. The Hall–Kier alpha value is -2.15. The minimum atomic E-state index is 0.490. The van der Waals surface area contributed by atoms with Crippen LogP contribution in [0, 0.1) is 6.92 Å². The lowest BCUT2D eigenvalue weighted by Gasteiger charge is -1.98. The van der Waals surface area contributed by atoms with Gasteiger partial charge in [0.2, 0.25) is 11.8 Å². The van der Waals surface area contributed by atoms with Crippen molar-refractivity contribution >= 4 is 11.8 Å². The first-order chi connectivity index (χ1) is 10.3. The Balaban J connectivity index is 1.69. The second kappa shape index (κ2) is 6.09. The number of aryl methyl sites for hydroxylation is 2. The molecule has 7 heteroatoms. The minimum Gasteiger partial charge on any atom is -0.411 e. The van der Waals surface area contributed by atoms with Crippen molar-refractivity contribution in [3.05, 3.63) is 41.5 Å². The fourth-order valence-electron chi connectivity index (χ4n) is 1.81. The molecular weight excluding hydrogens is 288 g/mol. The third-order valence-corrected chi connectivity index (χ3v) is 3.73. The number of benzene rings is 1. The van der Waals surface area contributed by atoms with Crippen LogP contribution in [0.3, 0.4) is 0 Å². The van der Waals surface area contributed by atoms with Gasteiger partial charge in [-0.25, -0.2) is 0 Å². The van der Waals surface area contributed by atoms with Crippen LogP contribution in [0.4, 0.5) is 0 Å². The van der Waals surface area contributed by atoms with Gasteiger partial charge in [0.05, 0.1) is 5.75 Å². The van der Waals surface area contributed by atoms with Crippen LogP contribution in [0.2, 0.25) is 0 Å². The van der Waals surface area contributed by atoms with Gasteiger partial charge in [-0.3, -0.25) is 0 Å². The van der Waals surface area contributed by atoms with Gasteiger partial charge in [0.1, 0.15) is 0 Å². The smallest absolute Gasteiger partial charge is 0.277 e. The Morgan fingerprint density at radius 1 is 1.19 bits per heavy atom. The van der Waals surface area contributed by atoms with Crippen molar-refractivity contribution in [2.24, 2.45) is 0 Å². The van der Waals surface area contributed by atoms with E-state index in [-0.39, 0.29) is 0 Å². The molecule has 0 aliphatic heterocycles. The van der Waals surface area contributed by atoms with E-state index in [4.69, 9.17) is 8.94 Å². The maximum absolute atomic E-state index is 5.66. The number of rotatable bonds is 5. The molecule has 2 heterocycles. The summed E-state index contributed by atoms with van der Waals surface area (Å²) in [6.45, 7) is 3.99. The molecule has 0 unspecified atom stereocenters. The van der Waals surface area contributed by atoms with Crippen LogP contribution in [-0.2, 0) is 12.2 Å². The average Bonchev–Trinajstić information content (AvgIpc) is 3.14. The molecule has 0 aliphatic carbocycles. The Kier molecular flexibility index (Phi) is 4.01. The molecule has 0 saturated heterocycles. The second-order valence-electron chi connectivity index (χ2n) is 4.43. The Morgan fingerprint density at radius 2 is 2.05 bits per heavy atom. The maximum atomic E-state index is 5.66. The van der Waals surface area contributed by atoms with Crippen LogP contribution in [0.5, 0.6) is 0 Å². The number of hydrogen-bond acceptors (Lipinski definition) is 7. The number of hydrogen-bond donors (Lipinski definition) is 0. The van der Waals surface area contributed by atoms with Crippen LogP contribution in [0.25, 0.3) is 11.5 Å². The molecule has 2 aromatic heterocycles. The van der Waals surface area contributed by atoms with Crippen LogP contribution >= 0.6 is 11.8 Å². The summed E-state index contributed by atoms with van der Waals surface area (Å²) in [7, 11) is 0. The van der Waals surface area contributed by atoms with Gasteiger partial charge in [-0.15, -0.1) is 10.2 Å². The molecule has 1 aromatic carbocycles. The van der Waals surface area contributed by atoms with Crippen LogP contribution in [-0.4, -0.2) is 20.3 Å². The first-order valence-corrected chi connectivity index (χ1v) is 7.58. The molecule has 21 heavy (non-hydrogen) atoms. The molecule has 3 rings (SSSR count). The van der Waals surface area contributed by atoms with Gasteiger partial charge in [-0.05, 0) is 18.6 Å². The van der Waals surface area contributed by atoms with Crippen molar-refractivity contribution in [3.8, 4) is 11.5 Å². The fourth-order valence-corrected chi connectivity index (χ4v) is 2.41. The highest BCUT2D eigenvalue weighted by molar-refractivity contribution is 7.98. The van der Waals surface area contributed by atoms with Gasteiger partial charge in [0.25, 0.3) is 5.22 Å². The van der Waals surface area contributed by atoms with E-state index < -0.39 is 0 Å². The van der Waals surface area contributed by atoms with Crippen molar-refractivity contribution in [1.29, 1.82) is 0 Å². The zero-order chi connectivity index (χ0) is 14.7. The van der Waals surface area contributed by atoms with Gasteiger partial charge in [0.15, 0.2) is 5.82 Å². The zero-order valence-corrected chi connectivity index (χ0v) is 12.6. The molecule has 0 saturated carbocycles. The van der Waals surface area contributed by atoms with Crippen molar-refractivity contribution < 1.29 is 8.94 Å². The average molecular weight is 302 g/mol. The van der Waals surface area contributed by atoms with Gasteiger partial charge >= 0.3 is 0 Å². The zero-order valence-electron chi connectivity index (χ0n) is 11.7. The molecule has 0 N–H and O–H groups in total. The Morgan fingerprint density at radius 3 is 2.81 bits per heavy atom. The molecule has 6 nitrogen and oxygen atoms in total. The normalized spacial score (nSPS) is 11.0. The summed E-state index contributed by atoms with van der Waals surface area (Å²) >= 11 is 1.38. The van der Waals surface area contributed by atoms with E-state index in [0.29, 0.717) is 28.6 Å². The molecule has 0 atom stereocenters. The number of thioether (sulfide) groups is 1. The molecule has 108 valence electrons. The van der Waals surface area contributed by atoms with Crippen LogP contribution in [0.1, 0.15) is 24.2 Å². The third kappa shape index (κ3) is 3.13. The summed E-state index contributed by atoms with van der Waals surface area (Å²) in [5, 5.41) is 12.4. The highest BCUT2D eigenvalue weighted by atomic mass is 32.2. The van der Waals surface area contributed by atoms with Crippen molar-refractivity contribution in [1.82, 2.24) is 20.3 Å². The molecule has 0 amide bonds. The third-order valence-electron chi connectivity index (χ3n) is 2.93. The first kappa shape index (κ1) is 13.8. The molecule has 0 aliphatic rings. The molecule has 3 aromatic rings. The summed E-state index contributed by atoms with van der Waals surface area (Å²) in [6, 6.07) is 7.90. The lowest BCUT2D eigenvalue weighted by atomic mass is 10.1. The summed E-state index contributed by atoms with van der Waals surface area (Å²) in [5.41, 5.74) is 2.05. The quantitative estimate of drug-likeness (QED) is 0.669. The highest BCUT2D eigenvalue weighted by Crippen LogP contribution is 2.26. The van der Waals surface area contributed by atoms with E-state index in [1.54, 1.807) is 0 Å². The van der Waals surface area contributed by atoms with E-state index in [9.17, 15) is 0 Å².